The predicted molar refractivity (Wildman–Crippen MR) is 97.0 cm³/mol. The average molecular weight is 336 g/mol. The zero-order chi connectivity index (χ0) is 17.6. The van der Waals surface area contributed by atoms with Gasteiger partial charge in [0.1, 0.15) is 11.3 Å². The van der Waals surface area contributed by atoms with Crippen LogP contribution in [0.25, 0.3) is 22.1 Å². The summed E-state index contributed by atoms with van der Waals surface area (Å²) in [5, 5.41) is 0. The number of aromatic nitrogens is 2. The van der Waals surface area contributed by atoms with Crippen LogP contribution in [-0.4, -0.2) is 28.2 Å². The van der Waals surface area contributed by atoms with Gasteiger partial charge in [-0.05, 0) is 30.7 Å². The molecule has 2 N–H and O–H groups in total. The van der Waals surface area contributed by atoms with Crippen molar-refractivity contribution in [3.63, 3.8) is 0 Å². The Morgan fingerprint density at radius 3 is 2.40 bits per heavy atom. The topological polar surface area (TPSA) is 84.0 Å². The third-order valence-corrected chi connectivity index (χ3v) is 3.87. The quantitative estimate of drug-likeness (QED) is 0.394. The second-order valence-electron chi connectivity index (χ2n) is 5.81. The van der Waals surface area contributed by atoms with Gasteiger partial charge >= 0.3 is 0 Å². The van der Waals surface area contributed by atoms with Crippen LogP contribution in [0.3, 0.4) is 0 Å². The molecule has 1 heterocycles. The molecule has 0 atom stereocenters. The highest BCUT2D eigenvalue weighted by molar-refractivity contribution is 6.05. The van der Waals surface area contributed by atoms with E-state index < -0.39 is 0 Å². The summed E-state index contributed by atoms with van der Waals surface area (Å²) in [6, 6.07) is 12.9. The van der Waals surface area contributed by atoms with E-state index in [2.05, 4.69) is 20.8 Å². The van der Waals surface area contributed by atoms with Crippen LogP contribution in [-0.2, 0) is 4.79 Å². The molecule has 128 valence electrons. The maximum absolute atomic E-state index is 12.4. The number of carbonyl (C=O) groups is 2. The Hall–Kier alpha value is -2.86. The van der Waals surface area contributed by atoms with E-state index in [0.717, 1.165) is 17.5 Å². The highest BCUT2D eigenvalue weighted by atomic mass is 16.2. The molecule has 2 aromatic carbocycles. The van der Waals surface area contributed by atoms with Gasteiger partial charge in [0.2, 0.25) is 0 Å². The lowest BCUT2D eigenvalue weighted by Crippen LogP contribution is -2.38. The smallest absolute Gasteiger partial charge is 0.267 e. The van der Waals surface area contributed by atoms with Crippen LogP contribution >= 0.6 is 0 Å². The van der Waals surface area contributed by atoms with Gasteiger partial charge in [0.15, 0.2) is 0 Å². The fourth-order valence-corrected chi connectivity index (χ4v) is 2.64. The molecule has 6 nitrogen and oxygen atoms in total. The largest absolute Gasteiger partial charge is 0.300 e. The first-order chi connectivity index (χ1) is 12.2. The lowest BCUT2D eigenvalue weighted by atomic mass is 10.1. The standard InChI is InChI=1S/C19H20N4O2/c1-2-6-13(24)11-12-20-23-19(25)14-7-5-10-17-18(14)22-16-9-4-3-8-15(16)21-17/h3-5,7-10,20H,2,6,11-12H2,1H3,(H,23,25). The maximum Gasteiger partial charge on any atom is 0.267 e. The van der Waals surface area contributed by atoms with Crippen LogP contribution in [0.4, 0.5) is 0 Å². The first kappa shape index (κ1) is 17.0. The van der Waals surface area contributed by atoms with Crippen molar-refractivity contribution >= 4 is 33.8 Å². The van der Waals surface area contributed by atoms with Gasteiger partial charge in [-0.1, -0.05) is 25.1 Å². The SMILES string of the molecule is CCCC(=O)CCNNC(=O)c1cccc2nc3ccccc3nc12. The number of carbonyl (C=O) groups excluding carboxylic acids is 2. The lowest BCUT2D eigenvalue weighted by molar-refractivity contribution is -0.119. The van der Waals surface area contributed by atoms with E-state index in [0.29, 0.717) is 36.0 Å². The molecule has 1 aromatic heterocycles. The number of nitrogens with zero attached hydrogens (tertiary/aromatic N) is 2. The maximum atomic E-state index is 12.4. The number of ketones is 1. The minimum atomic E-state index is -0.293. The highest BCUT2D eigenvalue weighted by Gasteiger charge is 2.12. The normalized spacial score (nSPS) is 10.9. The zero-order valence-electron chi connectivity index (χ0n) is 14.1. The molecule has 0 aliphatic carbocycles. The summed E-state index contributed by atoms with van der Waals surface area (Å²) in [6.07, 6.45) is 1.81. The van der Waals surface area contributed by atoms with E-state index in [1.54, 1.807) is 12.1 Å². The summed E-state index contributed by atoms with van der Waals surface area (Å²) in [7, 11) is 0. The number of rotatable bonds is 7. The fraction of sp³-hybridized carbons (Fsp3) is 0.263. The van der Waals surface area contributed by atoms with Gasteiger partial charge in [0.25, 0.3) is 5.91 Å². The third-order valence-electron chi connectivity index (χ3n) is 3.87. The van der Waals surface area contributed by atoms with Crippen LogP contribution < -0.4 is 10.9 Å². The summed E-state index contributed by atoms with van der Waals surface area (Å²) < 4.78 is 0. The molecule has 0 aliphatic rings. The van der Waals surface area contributed by atoms with E-state index in [1.807, 2.05) is 37.3 Å². The third kappa shape index (κ3) is 3.97. The predicted octanol–water partition coefficient (Wildman–Crippen LogP) is 2.78. The minimum absolute atomic E-state index is 0.187. The summed E-state index contributed by atoms with van der Waals surface area (Å²) in [4.78, 5) is 33.1. The first-order valence-electron chi connectivity index (χ1n) is 8.39. The van der Waals surface area contributed by atoms with Crippen LogP contribution in [0.5, 0.6) is 0 Å². The Morgan fingerprint density at radius 1 is 0.920 bits per heavy atom. The summed E-state index contributed by atoms with van der Waals surface area (Å²) in [5.74, 6) is -0.107. The van der Waals surface area contributed by atoms with Crippen molar-refractivity contribution in [1.82, 2.24) is 20.8 Å². The second kappa shape index (κ2) is 7.81. The fourth-order valence-electron chi connectivity index (χ4n) is 2.64. The minimum Gasteiger partial charge on any atom is -0.300 e. The molecule has 0 fully saturated rings. The first-order valence-corrected chi connectivity index (χ1v) is 8.39. The molecule has 0 bridgehead atoms. The van der Waals surface area contributed by atoms with Gasteiger partial charge in [-0.25, -0.2) is 15.4 Å². The number of benzene rings is 2. The monoisotopic (exact) mass is 336 g/mol. The van der Waals surface area contributed by atoms with Gasteiger partial charge in [-0.2, -0.15) is 0 Å². The van der Waals surface area contributed by atoms with Crippen LogP contribution in [0, 0.1) is 0 Å². The molecule has 6 heteroatoms. The molecule has 0 unspecified atom stereocenters. The average Bonchev–Trinajstić information content (AvgIpc) is 2.63. The Kier molecular flexibility index (Phi) is 5.30. The van der Waals surface area contributed by atoms with E-state index in [9.17, 15) is 9.59 Å². The molecular formula is C19H20N4O2. The van der Waals surface area contributed by atoms with Crippen molar-refractivity contribution < 1.29 is 9.59 Å². The number of hydrazine groups is 1. The molecule has 3 aromatic rings. The molecule has 0 radical (unpaired) electrons. The number of para-hydroxylation sites is 3. The van der Waals surface area contributed by atoms with Gasteiger partial charge in [-0.3, -0.25) is 15.0 Å². The van der Waals surface area contributed by atoms with Crippen molar-refractivity contribution in [3.05, 3.63) is 48.0 Å². The van der Waals surface area contributed by atoms with Gasteiger partial charge < -0.3 is 0 Å². The Bertz CT molecular complexity index is 924. The van der Waals surface area contributed by atoms with Crippen molar-refractivity contribution in [1.29, 1.82) is 0 Å². The van der Waals surface area contributed by atoms with Crippen molar-refractivity contribution in [2.75, 3.05) is 6.54 Å². The molecule has 3 rings (SSSR count). The number of hydrogen-bond acceptors (Lipinski definition) is 5. The number of nitrogens with one attached hydrogen (secondary N) is 2. The molecule has 0 saturated carbocycles. The molecular weight excluding hydrogens is 316 g/mol. The molecule has 25 heavy (non-hydrogen) atoms. The van der Waals surface area contributed by atoms with Crippen LogP contribution in [0.1, 0.15) is 36.5 Å². The van der Waals surface area contributed by atoms with E-state index in [4.69, 9.17) is 0 Å². The van der Waals surface area contributed by atoms with E-state index in [-0.39, 0.29) is 11.7 Å². The lowest BCUT2D eigenvalue weighted by Gasteiger charge is -2.09. The van der Waals surface area contributed by atoms with E-state index in [1.165, 1.54) is 0 Å². The number of amides is 1. The number of Topliss-reactive ketones (excluding diaryl/α,β-unsaturated/α-hetero) is 1. The van der Waals surface area contributed by atoms with Crippen molar-refractivity contribution in [3.8, 4) is 0 Å². The number of fused-ring (bicyclic) bond motifs is 2. The molecule has 1 amide bonds. The number of hydrogen-bond donors (Lipinski definition) is 2. The molecule has 0 spiro atoms. The summed E-state index contributed by atoms with van der Waals surface area (Å²) in [5.41, 5.74) is 8.65. The van der Waals surface area contributed by atoms with Gasteiger partial charge in [0, 0.05) is 19.4 Å². The molecule has 0 saturated heterocycles. The van der Waals surface area contributed by atoms with Gasteiger partial charge in [-0.15, -0.1) is 0 Å². The summed E-state index contributed by atoms with van der Waals surface area (Å²) >= 11 is 0. The Labute approximate surface area is 145 Å². The van der Waals surface area contributed by atoms with Crippen LogP contribution in [0.15, 0.2) is 42.5 Å². The summed E-state index contributed by atoms with van der Waals surface area (Å²) in [6.45, 7) is 2.38. The van der Waals surface area contributed by atoms with E-state index >= 15 is 0 Å². The van der Waals surface area contributed by atoms with Crippen LogP contribution in [0.2, 0.25) is 0 Å². The Morgan fingerprint density at radius 2 is 1.64 bits per heavy atom. The highest BCUT2D eigenvalue weighted by Crippen LogP contribution is 2.19. The van der Waals surface area contributed by atoms with Crippen molar-refractivity contribution in [2.45, 2.75) is 26.2 Å². The van der Waals surface area contributed by atoms with Gasteiger partial charge in [0.05, 0.1) is 22.1 Å². The molecule has 0 aliphatic heterocycles. The Balaban J connectivity index is 1.75. The van der Waals surface area contributed by atoms with Crippen molar-refractivity contribution in [2.24, 2.45) is 0 Å². The zero-order valence-corrected chi connectivity index (χ0v) is 14.1. The second-order valence-corrected chi connectivity index (χ2v) is 5.81.